The van der Waals surface area contributed by atoms with Gasteiger partial charge in [-0.05, 0) is 61.7 Å². The third-order valence-corrected chi connectivity index (χ3v) is 7.32. The van der Waals surface area contributed by atoms with Gasteiger partial charge in [0.15, 0.2) is 0 Å². The highest BCUT2D eigenvalue weighted by molar-refractivity contribution is 5.84. The highest BCUT2D eigenvalue weighted by Crippen LogP contribution is 2.75. The Hall–Kier alpha value is -0.540. The third-order valence-electron chi connectivity index (χ3n) is 7.32. The van der Waals surface area contributed by atoms with E-state index in [1.807, 2.05) is 6.92 Å². The first kappa shape index (κ1) is 15.4. The Labute approximate surface area is 124 Å². The minimum Gasteiger partial charge on any atom is -0.299 e. The summed E-state index contributed by atoms with van der Waals surface area (Å²) in [5.74, 6) is -1.66. The van der Waals surface area contributed by atoms with E-state index in [9.17, 15) is 18.0 Å². The molecule has 3 rings (SSSR count). The lowest BCUT2D eigenvalue weighted by molar-refractivity contribution is -0.209. The van der Waals surface area contributed by atoms with Crippen molar-refractivity contribution < 1.29 is 18.0 Å². The quantitative estimate of drug-likeness (QED) is 0.725. The van der Waals surface area contributed by atoms with Crippen LogP contribution in [0.1, 0.15) is 53.4 Å². The molecule has 4 heteroatoms. The average molecular weight is 302 g/mol. The van der Waals surface area contributed by atoms with Crippen molar-refractivity contribution in [3.63, 3.8) is 0 Å². The average Bonchev–Trinajstić information content (AvgIpc) is 3.22. The number of fused-ring (bicyclic) bond motifs is 1. The normalized spacial score (nSPS) is 45.1. The first-order valence-corrected chi connectivity index (χ1v) is 8.13. The number of halogens is 3. The lowest BCUT2D eigenvalue weighted by Crippen LogP contribution is -2.48. The molecule has 0 aromatic rings. The zero-order chi connectivity index (χ0) is 15.8. The van der Waals surface area contributed by atoms with E-state index in [4.69, 9.17) is 0 Å². The summed E-state index contributed by atoms with van der Waals surface area (Å²) in [7, 11) is 0. The van der Waals surface area contributed by atoms with Crippen LogP contribution in [0.2, 0.25) is 0 Å². The van der Waals surface area contributed by atoms with Crippen molar-refractivity contribution in [3.05, 3.63) is 0 Å². The van der Waals surface area contributed by atoms with Crippen molar-refractivity contribution in [2.45, 2.75) is 59.6 Å². The number of Topliss-reactive ketones (excluding diaryl/α,β-unsaturated/α-hetero) is 1. The first-order valence-electron chi connectivity index (χ1n) is 8.13. The molecule has 3 aliphatic rings. The summed E-state index contributed by atoms with van der Waals surface area (Å²) in [6.07, 6.45) is -1.11. The van der Waals surface area contributed by atoms with Crippen LogP contribution in [0.15, 0.2) is 0 Å². The SMILES string of the molecule is CC(=O)C1(C(C)C(C2CC2)C(F)(F)F)CC2CC2(C)C1C. The van der Waals surface area contributed by atoms with Crippen LogP contribution in [0, 0.1) is 40.4 Å². The molecule has 0 radical (unpaired) electrons. The van der Waals surface area contributed by atoms with E-state index >= 15 is 0 Å². The Balaban J connectivity index is 1.96. The van der Waals surface area contributed by atoms with Gasteiger partial charge in [0.25, 0.3) is 0 Å². The van der Waals surface area contributed by atoms with Crippen molar-refractivity contribution in [2.24, 2.45) is 40.4 Å². The fourth-order valence-corrected chi connectivity index (χ4v) is 5.56. The molecule has 0 amide bonds. The van der Waals surface area contributed by atoms with Gasteiger partial charge in [-0.1, -0.05) is 20.8 Å². The van der Waals surface area contributed by atoms with Gasteiger partial charge in [-0.3, -0.25) is 4.79 Å². The van der Waals surface area contributed by atoms with Crippen molar-refractivity contribution in [2.75, 3.05) is 0 Å². The number of ketones is 1. The molecule has 3 saturated carbocycles. The molecule has 0 bridgehead atoms. The van der Waals surface area contributed by atoms with Gasteiger partial charge in [0.1, 0.15) is 5.78 Å². The highest BCUT2D eigenvalue weighted by Gasteiger charge is 2.72. The Morgan fingerprint density at radius 1 is 1.24 bits per heavy atom. The minimum absolute atomic E-state index is 0.0224. The number of alkyl halides is 3. The van der Waals surface area contributed by atoms with Gasteiger partial charge in [-0.15, -0.1) is 0 Å². The number of hydrogen-bond donors (Lipinski definition) is 0. The second-order valence-electron chi connectivity index (χ2n) is 8.12. The van der Waals surface area contributed by atoms with Crippen molar-refractivity contribution in [1.29, 1.82) is 0 Å². The monoisotopic (exact) mass is 302 g/mol. The number of hydrogen-bond acceptors (Lipinski definition) is 1. The van der Waals surface area contributed by atoms with Crippen LogP contribution in [-0.4, -0.2) is 12.0 Å². The van der Waals surface area contributed by atoms with E-state index in [0.717, 1.165) is 6.42 Å². The molecular weight excluding hydrogens is 277 g/mol. The van der Waals surface area contributed by atoms with E-state index in [-0.39, 0.29) is 23.0 Å². The number of carbonyl (C=O) groups excluding carboxylic acids is 1. The molecule has 0 heterocycles. The maximum Gasteiger partial charge on any atom is 0.392 e. The van der Waals surface area contributed by atoms with E-state index in [2.05, 4.69) is 6.92 Å². The summed E-state index contributed by atoms with van der Waals surface area (Å²) in [5.41, 5.74) is -0.667. The number of carbonyl (C=O) groups is 1. The molecule has 1 nitrogen and oxygen atoms in total. The summed E-state index contributed by atoms with van der Waals surface area (Å²) in [4.78, 5) is 12.4. The van der Waals surface area contributed by atoms with E-state index in [1.165, 1.54) is 6.92 Å². The van der Waals surface area contributed by atoms with Gasteiger partial charge < -0.3 is 0 Å². The maximum absolute atomic E-state index is 13.6. The van der Waals surface area contributed by atoms with Crippen LogP contribution >= 0.6 is 0 Å². The Bertz CT molecular complexity index is 467. The minimum atomic E-state index is -4.18. The first-order chi connectivity index (χ1) is 9.55. The van der Waals surface area contributed by atoms with Crippen LogP contribution < -0.4 is 0 Å². The van der Waals surface area contributed by atoms with Crippen LogP contribution in [-0.2, 0) is 4.79 Å². The summed E-state index contributed by atoms with van der Waals surface area (Å²) in [5, 5.41) is 0. The van der Waals surface area contributed by atoms with Gasteiger partial charge in [0.05, 0.1) is 5.92 Å². The second kappa shape index (κ2) is 4.26. The van der Waals surface area contributed by atoms with Crippen LogP contribution in [0.3, 0.4) is 0 Å². The van der Waals surface area contributed by atoms with E-state index < -0.39 is 23.4 Å². The summed E-state index contributed by atoms with van der Waals surface area (Å²) in [6.45, 7) is 7.38. The molecule has 0 saturated heterocycles. The zero-order valence-corrected chi connectivity index (χ0v) is 13.3. The lowest BCUT2D eigenvalue weighted by Gasteiger charge is -2.45. The Morgan fingerprint density at radius 2 is 1.81 bits per heavy atom. The van der Waals surface area contributed by atoms with Crippen molar-refractivity contribution in [1.82, 2.24) is 0 Å². The van der Waals surface area contributed by atoms with Crippen molar-refractivity contribution >= 4 is 5.78 Å². The molecule has 0 aliphatic heterocycles. The molecule has 0 aromatic carbocycles. The predicted octanol–water partition coefficient (Wildman–Crippen LogP) is 4.85. The topological polar surface area (TPSA) is 17.1 Å². The smallest absolute Gasteiger partial charge is 0.299 e. The molecule has 6 unspecified atom stereocenters. The summed E-state index contributed by atoms with van der Waals surface area (Å²) in [6, 6.07) is 0. The third kappa shape index (κ3) is 2.00. The number of rotatable bonds is 4. The van der Waals surface area contributed by atoms with Gasteiger partial charge in [-0.2, -0.15) is 13.2 Å². The fraction of sp³-hybridized carbons (Fsp3) is 0.941. The second-order valence-corrected chi connectivity index (χ2v) is 8.12. The molecule has 6 atom stereocenters. The van der Waals surface area contributed by atoms with Crippen LogP contribution in [0.5, 0.6) is 0 Å². The maximum atomic E-state index is 13.6. The van der Waals surface area contributed by atoms with Crippen LogP contribution in [0.4, 0.5) is 13.2 Å². The molecule has 3 fully saturated rings. The fourth-order valence-electron chi connectivity index (χ4n) is 5.56. The summed E-state index contributed by atoms with van der Waals surface area (Å²) < 4.78 is 40.7. The summed E-state index contributed by atoms with van der Waals surface area (Å²) >= 11 is 0. The molecular formula is C17H25F3O. The van der Waals surface area contributed by atoms with Gasteiger partial charge in [-0.25, -0.2) is 0 Å². The Kier molecular flexibility index (Phi) is 3.11. The van der Waals surface area contributed by atoms with E-state index in [0.29, 0.717) is 25.2 Å². The predicted molar refractivity (Wildman–Crippen MR) is 74.5 cm³/mol. The van der Waals surface area contributed by atoms with Gasteiger partial charge in [0.2, 0.25) is 0 Å². The van der Waals surface area contributed by atoms with Gasteiger partial charge in [0, 0.05) is 5.41 Å². The standard InChI is InChI=1S/C17H25F3O/c1-9(14(12-5-6-12)17(18,19)20)16(11(3)21)8-13-7-15(13,4)10(16)2/h9-10,12-14H,5-8H2,1-4H3. The molecule has 0 aromatic heterocycles. The Morgan fingerprint density at radius 3 is 2.14 bits per heavy atom. The molecule has 21 heavy (non-hydrogen) atoms. The lowest BCUT2D eigenvalue weighted by atomic mass is 9.58. The molecule has 0 N–H and O–H groups in total. The largest absolute Gasteiger partial charge is 0.392 e. The molecule has 3 aliphatic carbocycles. The van der Waals surface area contributed by atoms with Crippen LogP contribution in [0.25, 0.3) is 0 Å². The highest BCUT2D eigenvalue weighted by atomic mass is 19.4. The van der Waals surface area contributed by atoms with Crippen molar-refractivity contribution in [3.8, 4) is 0 Å². The van der Waals surface area contributed by atoms with E-state index in [1.54, 1.807) is 6.92 Å². The zero-order valence-electron chi connectivity index (χ0n) is 13.3. The molecule has 120 valence electrons. The van der Waals surface area contributed by atoms with Gasteiger partial charge >= 0.3 is 6.18 Å². The molecule has 0 spiro atoms.